The largest absolute Gasteiger partial charge is 0.338 e. The molecular formula is C16H22N6O2. The number of pyridine rings is 1. The molecule has 1 fully saturated rings. The Balaban J connectivity index is 1.53. The van der Waals surface area contributed by atoms with Crippen LogP contribution in [-0.4, -0.2) is 57.1 Å². The molecule has 0 aliphatic carbocycles. The molecule has 1 aliphatic rings. The van der Waals surface area contributed by atoms with Gasteiger partial charge in [0.25, 0.3) is 0 Å². The lowest BCUT2D eigenvalue weighted by Crippen LogP contribution is -2.50. The highest BCUT2D eigenvalue weighted by Gasteiger charge is 2.27. The predicted molar refractivity (Wildman–Crippen MR) is 88.6 cm³/mol. The van der Waals surface area contributed by atoms with Crippen LogP contribution in [0.15, 0.2) is 22.7 Å². The number of carbonyl (C=O) groups excluding carboxylic acids is 1. The van der Waals surface area contributed by atoms with Gasteiger partial charge in [0.05, 0.1) is 6.04 Å². The molecule has 1 aliphatic heterocycles. The van der Waals surface area contributed by atoms with Crippen LogP contribution in [0.3, 0.4) is 0 Å². The lowest BCUT2D eigenvalue weighted by Gasteiger charge is -2.36. The number of hydrogen-bond acceptors (Lipinski definition) is 6. The Bertz CT molecular complexity index is 708. The number of rotatable bonds is 3. The molecule has 0 radical (unpaired) electrons. The molecule has 0 bridgehead atoms. The third kappa shape index (κ3) is 3.70. The third-order valence-electron chi connectivity index (χ3n) is 4.17. The Morgan fingerprint density at radius 3 is 2.58 bits per heavy atom. The van der Waals surface area contributed by atoms with Crippen molar-refractivity contribution in [1.29, 1.82) is 0 Å². The van der Waals surface area contributed by atoms with Crippen LogP contribution in [0.4, 0.5) is 10.6 Å². The van der Waals surface area contributed by atoms with E-state index in [2.05, 4.69) is 25.3 Å². The number of nitrogens with one attached hydrogen (secondary N) is 1. The van der Waals surface area contributed by atoms with E-state index in [1.54, 1.807) is 17.9 Å². The van der Waals surface area contributed by atoms with Crippen molar-refractivity contribution in [3.05, 3.63) is 35.6 Å². The molecule has 128 valence electrons. The van der Waals surface area contributed by atoms with Crippen molar-refractivity contribution >= 4 is 11.8 Å². The van der Waals surface area contributed by atoms with E-state index in [1.165, 1.54) is 0 Å². The van der Waals surface area contributed by atoms with Gasteiger partial charge in [-0.25, -0.2) is 9.78 Å². The molecular weight excluding hydrogens is 308 g/mol. The summed E-state index contributed by atoms with van der Waals surface area (Å²) in [4.78, 5) is 25.0. The molecule has 2 amide bonds. The second-order valence-corrected chi connectivity index (χ2v) is 5.97. The highest BCUT2D eigenvalue weighted by atomic mass is 16.5. The molecule has 8 heteroatoms. The monoisotopic (exact) mass is 330 g/mol. The summed E-state index contributed by atoms with van der Waals surface area (Å²) in [7, 11) is 0. The van der Waals surface area contributed by atoms with Crippen LogP contribution in [0.2, 0.25) is 0 Å². The van der Waals surface area contributed by atoms with E-state index in [1.807, 2.05) is 26.0 Å². The summed E-state index contributed by atoms with van der Waals surface area (Å²) in [5, 5.41) is 6.68. The molecule has 2 aromatic heterocycles. The Morgan fingerprint density at radius 1 is 1.21 bits per heavy atom. The van der Waals surface area contributed by atoms with Crippen molar-refractivity contribution in [2.75, 3.05) is 31.5 Å². The zero-order valence-corrected chi connectivity index (χ0v) is 14.2. The number of nitrogens with zero attached hydrogens (tertiary/aromatic N) is 5. The first-order chi connectivity index (χ1) is 11.5. The zero-order chi connectivity index (χ0) is 17.1. The van der Waals surface area contributed by atoms with Gasteiger partial charge in [-0.1, -0.05) is 11.2 Å². The van der Waals surface area contributed by atoms with Gasteiger partial charge in [-0.05, 0) is 32.9 Å². The third-order valence-corrected chi connectivity index (χ3v) is 4.17. The van der Waals surface area contributed by atoms with E-state index in [4.69, 9.17) is 4.52 Å². The van der Waals surface area contributed by atoms with E-state index in [0.29, 0.717) is 30.6 Å². The number of carbonyl (C=O) groups is 1. The Morgan fingerprint density at radius 2 is 1.96 bits per heavy atom. The van der Waals surface area contributed by atoms with Crippen molar-refractivity contribution in [1.82, 2.24) is 24.9 Å². The molecule has 24 heavy (non-hydrogen) atoms. The summed E-state index contributed by atoms with van der Waals surface area (Å²) >= 11 is 0. The van der Waals surface area contributed by atoms with Gasteiger partial charge in [0, 0.05) is 31.9 Å². The van der Waals surface area contributed by atoms with E-state index in [9.17, 15) is 4.79 Å². The molecule has 3 heterocycles. The van der Waals surface area contributed by atoms with Crippen molar-refractivity contribution in [2.24, 2.45) is 0 Å². The summed E-state index contributed by atoms with van der Waals surface area (Å²) in [5.41, 5.74) is 0.876. The molecule has 3 rings (SSSR count). The van der Waals surface area contributed by atoms with Gasteiger partial charge >= 0.3 is 6.03 Å². The van der Waals surface area contributed by atoms with Gasteiger partial charge in [0.2, 0.25) is 5.89 Å². The lowest BCUT2D eigenvalue weighted by molar-refractivity contribution is 0.104. The average Bonchev–Trinajstić information content (AvgIpc) is 3.01. The Labute approximate surface area is 140 Å². The average molecular weight is 330 g/mol. The van der Waals surface area contributed by atoms with Crippen molar-refractivity contribution in [2.45, 2.75) is 26.8 Å². The first kappa shape index (κ1) is 16.4. The molecule has 0 unspecified atom stereocenters. The predicted octanol–water partition coefficient (Wildman–Crippen LogP) is 1.99. The fraction of sp³-hybridized carbons (Fsp3) is 0.500. The first-order valence-corrected chi connectivity index (χ1v) is 8.07. The number of anilines is 1. The maximum Gasteiger partial charge on any atom is 0.323 e. The summed E-state index contributed by atoms with van der Waals surface area (Å²) in [6.07, 6.45) is 0. The fourth-order valence-electron chi connectivity index (χ4n) is 2.75. The molecule has 8 nitrogen and oxygen atoms in total. The maximum absolute atomic E-state index is 12.3. The topological polar surface area (TPSA) is 87.4 Å². The van der Waals surface area contributed by atoms with Gasteiger partial charge in [0.15, 0.2) is 5.82 Å². The van der Waals surface area contributed by atoms with E-state index in [0.717, 1.165) is 18.8 Å². The van der Waals surface area contributed by atoms with Crippen LogP contribution in [-0.2, 0) is 0 Å². The number of hydrogen-bond donors (Lipinski definition) is 1. The Hall–Kier alpha value is -2.48. The highest BCUT2D eigenvalue weighted by Crippen LogP contribution is 2.20. The number of amides is 2. The molecule has 0 aromatic carbocycles. The van der Waals surface area contributed by atoms with Gasteiger partial charge in [-0.3, -0.25) is 10.2 Å². The van der Waals surface area contributed by atoms with Gasteiger partial charge in [-0.15, -0.1) is 0 Å². The van der Waals surface area contributed by atoms with E-state index in [-0.39, 0.29) is 12.1 Å². The van der Waals surface area contributed by atoms with Crippen molar-refractivity contribution in [3.63, 3.8) is 0 Å². The van der Waals surface area contributed by atoms with E-state index < -0.39 is 0 Å². The molecule has 1 N–H and O–H groups in total. The lowest BCUT2D eigenvalue weighted by atomic mass is 10.2. The molecule has 0 spiro atoms. The van der Waals surface area contributed by atoms with E-state index >= 15 is 0 Å². The van der Waals surface area contributed by atoms with Crippen LogP contribution in [0, 0.1) is 13.8 Å². The van der Waals surface area contributed by atoms with Crippen LogP contribution in [0.1, 0.15) is 30.4 Å². The van der Waals surface area contributed by atoms with Crippen molar-refractivity contribution < 1.29 is 9.32 Å². The number of piperazine rings is 1. The minimum absolute atomic E-state index is 0.0508. The first-order valence-electron chi connectivity index (χ1n) is 8.07. The minimum Gasteiger partial charge on any atom is -0.338 e. The number of urea groups is 1. The quantitative estimate of drug-likeness (QED) is 0.926. The van der Waals surface area contributed by atoms with Crippen LogP contribution < -0.4 is 5.32 Å². The number of aromatic nitrogens is 3. The van der Waals surface area contributed by atoms with Crippen LogP contribution in [0.5, 0.6) is 0 Å². The van der Waals surface area contributed by atoms with Crippen LogP contribution in [0.25, 0.3) is 0 Å². The highest BCUT2D eigenvalue weighted by molar-refractivity contribution is 5.88. The maximum atomic E-state index is 12.3. The normalized spacial score (nSPS) is 16.9. The molecule has 1 atom stereocenters. The molecule has 1 saturated heterocycles. The standard InChI is InChI=1S/C16H22N6O2/c1-11-5-4-6-14(17-11)19-16(23)22-9-7-21(8-10-22)12(2)15-18-13(3)20-24-15/h4-6,12H,7-10H2,1-3H3,(H,17,19,23)/t12-/m0/s1. The smallest absolute Gasteiger partial charge is 0.323 e. The SMILES string of the molecule is Cc1cccc(NC(=O)N2CCN([C@@H](C)c3nc(C)no3)CC2)n1. The molecule has 2 aromatic rings. The summed E-state index contributed by atoms with van der Waals surface area (Å²) < 4.78 is 5.24. The van der Waals surface area contributed by atoms with Crippen molar-refractivity contribution in [3.8, 4) is 0 Å². The fourth-order valence-corrected chi connectivity index (χ4v) is 2.75. The Kier molecular flexibility index (Phi) is 4.75. The summed E-state index contributed by atoms with van der Waals surface area (Å²) in [6.45, 7) is 8.56. The number of aryl methyl sites for hydroxylation is 2. The second-order valence-electron chi connectivity index (χ2n) is 5.97. The summed E-state index contributed by atoms with van der Waals surface area (Å²) in [6, 6.07) is 5.50. The second kappa shape index (κ2) is 6.96. The van der Waals surface area contributed by atoms with Gasteiger partial charge in [-0.2, -0.15) is 4.98 Å². The van der Waals surface area contributed by atoms with Gasteiger partial charge in [0.1, 0.15) is 5.82 Å². The van der Waals surface area contributed by atoms with Gasteiger partial charge < -0.3 is 9.42 Å². The zero-order valence-electron chi connectivity index (χ0n) is 14.2. The molecule has 0 saturated carbocycles. The van der Waals surface area contributed by atoms with Crippen LogP contribution >= 0.6 is 0 Å². The summed E-state index contributed by atoms with van der Waals surface area (Å²) in [5.74, 6) is 1.84. The minimum atomic E-state index is -0.117.